The zero-order chi connectivity index (χ0) is 26.5. The van der Waals surface area contributed by atoms with Crippen LogP contribution in [-0.2, 0) is 10.8 Å². The Morgan fingerprint density at radius 1 is 0.649 bits per heavy atom. The fourth-order valence-electron chi connectivity index (χ4n) is 5.94. The normalized spacial score (nSPS) is 18.4. The van der Waals surface area contributed by atoms with Crippen LogP contribution in [0.1, 0.15) is 116 Å². The van der Waals surface area contributed by atoms with E-state index < -0.39 is 11.9 Å². The highest BCUT2D eigenvalue weighted by molar-refractivity contribution is 5.95. The molecular weight excluding hydrogens is 460 g/mol. The number of ether oxygens (including phenoxy) is 2. The molecule has 2 unspecified atom stereocenters. The van der Waals surface area contributed by atoms with Crippen molar-refractivity contribution >= 4 is 11.9 Å². The van der Waals surface area contributed by atoms with E-state index >= 15 is 0 Å². The van der Waals surface area contributed by atoms with E-state index in [2.05, 4.69) is 41.5 Å². The summed E-state index contributed by atoms with van der Waals surface area (Å²) in [5.41, 5.74) is 4.86. The molecule has 0 amide bonds. The second-order valence-corrected chi connectivity index (χ2v) is 12.5. The van der Waals surface area contributed by atoms with E-state index in [1.807, 2.05) is 48.5 Å². The van der Waals surface area contributed by atoms with Crippen LogP contribution in [0, 0.1) is 0 Å². The van der Waals surface area contributed by atoms with Gasteiger partial charge in [0.1, 0.15) is 0 Å². The Hall–Kier alpha value is -3.40. The first kappa shape index (κ1) is 25.3. The Morgan fingerprint density at radius 3 is 1.41 bits per heavy atom. The maximum Gasteiger partial charge on any atom is 0.343 e. The third-order valence-electron chi connectivity index (χ3n) is 7.78. The lowest BCUT2D eigenvalue weighted by Gasteiger charge is -2.23. The van der Waals surface area contributed by atoms with Gasteiger partial charge in [-0.05, 0) is 88.4 Å². The first-order valence-electron chi connectivity index (χ1n) is 13.2. The standard InChI is InChI=1S/C33H36O4/c1-32(2,3)26-13-9-7-11-22(26)30(34)36-28-18-24-20-15-16-21(17-20)25(24)19-29(28)37-31(35)23-12-8-10-14-27(23)33(4,5)6/h7-14,18-21H,15-17H2,1-6H3. The quantitative estimate of drug-likeness (QED) is 0.271. The molecule has 0 saturated heterocycles. The second-order valence-electron chi connectivity index (χ2n) is 12.5. The van der Waals surface area contributed by atoms with Crippen LogP contribution in [0.15, 0.2) is 60.7 Å². The molecular formula is C33H36O4. The summed E-state index contributed by atoms with van der Waals surface area (Å²) < 4.78 is 12.0. The zero-order valence-electron chi connectivity index (χ0n) is 22.7. The predicted molar refractivity (Wildman–Crippen MR) is 146 cm³/mol. The molecule has 3 aromatic rings. The number of rotatable bonds is 4. The van der Waals surface area contributed by atoms with E-state index in [-0.39, 0.29) is 10.8 Å². The maximum atomic E-state index is 13.5. The number of esters is 2. The van der Waals surface area contributed by atoms with Gasteiger partial charge in [-0.15, -0.1) is 0 Å². The van der Waals surface area contributed by atoms with Crippen molar-refractivity contribution in [3.8, 4) is 11.5 Å². The van der Waals surface area contributed by atoms with Gasteiger partial charge in [0, 0.05) is 0 Å². The van der Waals surface area contributed by atoms with Crippen molar-refractivity contribution in [2.24, 2.45) is 0 Å². The minimum atomic E-state index is -0.443. The Balaban J connectivity index is 1.53. The first-order chi connectivity index (χ1) is 17.4. The van der Waals surface area contributed by atoms with E-state index in [9.17, 15) is 9.59 Å². The molecule has 0 N–H and O–H groups in total. The topological polar surface area (TPSA) is 52.6 Å². The number of benzene rings is 3. The van der Waals surface area contributed by atoms with Crippen LogP contribution in [-0.4, -0.2) is 11.9 Å². The van der Waals surface area contributed by atoms with Gasteiger partial charge in [0.25, 0.3) is 0 Å². The molecule has 1 saturated carbocycles. The maximum absolute atomic E-state index is 13.5. The molecule has 37 heavy (non-hydrogen) atoms. The van der Waals surface area contributed by atoms with Gasteiger partial charge in [-0.2, -0.15) is 0 Å². The van der Waals surface area contributed by atoms with Gasteiger partial charge in [-0.3, -0.25) is 0 Å². The molecule has 0 heterocycles. The molecule has 2 atom stereocenters. The summed E-state index contributed by atoms with van der Waals surface area (Å²) in [4.78, 5) is 26.9. The Morgan fingerprint density at radius 2 is 1.03 bits per heavy atom. The van der Waals surface area contributed by atoms with Crippen molar-refractivity contribution in [3.63, 3.8) is 0 Å². The third-order valence-corrected chi connectivity index (χ3v) is 7.78. The van der Waals surface area contributed by atoms with Crippen molar-refractivity contribution in [1.82, 2.24) is 0 Å². The molecule has 2 aliphatic carbocycles. The smallest absolute Gasteiger partial charge is 0.343 e. The summed E-state index contributed by atoms with van der Waals surface area (Å²) >= 11 is 0. The van der Waals surface area contributed by atoms with Gasteiger partial charge in [0.05, 0.1) is 11.1 Å². The van der Waals surface area contributed by atoms with Gasteiger partial charge >= 0.3 is 11.9 Å². The highest BCUT2D eigenvalue weighted by Crippen LogP contribution is 2.55. The average molecular weight is 497 g/mol. The minimum Gasteiger partial charge on any atom is -0.419 e. The molecule has 2 aliphatic rings. The van der Waals surface area contributed by atoms with Crippen molar-refractivity contribution in [1.29, 1.82) is 0 Å². The summed E-state index contributed by atoms with van der Waals surface area (Å²) in [6.45, 7) is 12.4. The largest absolute Gasteiger partial charge is 0.419 e. The van der Waals surface area contributed by atoms with Gasteiger partial charge in [-0.25, -0.2) is 9.59 Å². The lowest BCUT2D eigenvalue weighted by molar-refractivity contribution is 0.0679. The van der Waals surface area contributed by atoms with Crippen LogP contribution in [0.5, 0.6) is 11.5 Å². The highest BCUT2D eigenvalue weighted by Gasteiger charge is 2.38. The molecule has 0 radical (unpaired) electrons. The van der Waals surface area contributed by atoms with Crippen LogP contribution in [0.25, 0.3) is 0 Å². The van der Waals surface area contributed by atoms with Crippen LogP contribution < -0.4 is 9.47 Å². The van der Waals surface area contributed by atoms with E-state index in [0.29, 0.717) is 34.5 Å². The summed E-state index contributed by atoms with van der Waals surface area (Å²) in [6, 6.07) is 18.9. The summed E-state index contributed by atoms with van der Waals surface area (Å²) in [5.74, 6) is 0.682. The lowest BCUT2D eigenvalue weighted by atomic mass is 9.84. The van der Waals surface area contributed by atoms with Crippen LogP contribution in [0.3, 0.4) is 0 Å². The Labute approximate surface area is 220 Å². The van der Waals surface area contributed by atoms with Crippen LogP contribution in [0.2, 0.25) is 0 Å². The van der Waals surface area contributed by atoms with Crippen molar-refractivity contribution in [3.05, 3.63) is 94.0 Å². The summed E-state index contributed by atoms with van der Waals surface area (Å²) in [5, 5.41) is 0. The monoisotopic (exact) mass is 496 g/mol. The molecule has 0 spiro atoms. The van der Waals surface area contributed by atoms with Crippen molar-refractivity contribution in [2.75, 3.05) is 0 Å². The fourth-order valence-corrected chi connectivity index (χ4v) is 5.94. The molecule has 0 aromatic heterocycles. The molecule has 4 nitrogen and oxygen atoms in total. The molecule has 192 valence electrons. The molecule has 2 bridgehead atoms. The average Bonchev–Trinajstić information content (AvgIpc) is 3.45. The molecule has 3 aromatic carbocycles. The van der Waals surface area contributed by atoms with Gasteiger partial charge in [0.15, 0.2) is 11.5 Å². The second kappa shape index (κ2) is 9.16. The fraction of sp³-hybridized carbons (Fsp3) is 0.394. The van der Waals surface area contributed by atoms with E-state index in [1.54, 1.807) is 12.1 Å². The first-order valence-corrected chi connectivity index (χ1v) is 13.2. The van der Waals surface area contributed by atoms with Crippen LogP contribution >= 0.6 is 0 Å². The Kier molecular flexibility index (Phi) is 6.26. The Bertz CT molecular complexity index is 1270. The van der Waals surface area contributed by atoms with E-state index in [0.717, 1.165) is 30.4 Å². The number of carbonyl (C=O) groups is 2. The molecule has 5 rings (SSSR count). The lowest BCUT2D eigenvalue weighted by Crippen LogP contribution is -2.21. The number of carbonyl (C=O) groups excluding carboxylic acids is 2. The van der Waals surface area contributed by atoms with Crippen molar-refractivity contribution < 1.29 is 19.1 Å². The zero-order valence-corrected chi connectivity index (χ0v) is 22.7. The molecule has 4 heteroatoms. The number of fused-ring (bicyclic) bond motifs is 5. The van der Waals surface area contributed by atoms with E-state index in [4.69, 9.17) is 9.47 Å². The van der Waals surface area contributed by atoms with Crippen molar-refractivity contribution in [2.45, 2.75) is 83.5 Å². The summed E-state index contributed by atoms with van der Waals surface area (Å²) in [6.07, 6.45) is 3.41. The SMILES string of the molecule is CC(C)(C)c1ccccc1C(=O)Oc1cc2c(cc1OC(=O)c1ccccc1C(C)(C)C)C1CCC2C1. The predicted octanol–water partition coefficient (Wildman–Crippen LogP) is 8.08. The molecule has 1 fully saturated rings. The third kappa shape index (κ3) is 4.82. The van der Waals surface area contributed by atoms with Gasteiger partial charge in [0.2, 0.25) is 0 Å². The number of hydrogen-bond acceptors (Lipinski definition) is 4. The van der Waals surface area contributed by atoms with E-state index in [1.165, 1.54) is 11.1 Å². The number of hydrogen-bond donors (Lipinski definition) is 0. The minimum absolute atomic E-state index is 0.224. The van der Waals surface area contributed by atoms with Gasteiger partial charge < -0.3 is 9.47 Å². The highest BCUT2D eigenvalue weighted by atomic mass is 16.6. The molecule has 0 aliphatic heterocycles. The van der Waals surface area contributed by atoms with Crippen LogP contribution in [0.4, 0.5) is 0 Å². The summed E-state index contributed by atoms with van der Waals surface area (Å²) in [7, 11) is 0. The van der Waals surface area contributed by atoms with Gasteiger partial charge in [-0.1, -0.05) is 77.9 Å².